The van der Waals surface area contributed by atoms with Crippen LogP contribution in [0.15, 0.2) is 24.6 Å². The summed E-state index contributed by atoms with van der Waals surface area (Å²) < 4.78 is 5.60. The average molecular weight is 155 g/mol. The van der Waals surface area contributed by atoms with E-state index < -0.39 is 9.04 Å². The molecular formula is C8H15OSi. The molecule has 57 valence electrons. The molecule has 10 heavy (non-hydrogen) atoms. The van der Waals surface area contributed by atoms with Crippen LogP contribution in [0.25, 0.3) is 0 Å². The second-order valence-corrected chi connectivity index (χ2v) is 4.85. The second-order valence-electron chi connectivity index (χ2n) is 3.03. The monoisotopic (exact) mass is 155 g/mol. The zero-order valence-corrected chi connectivity index (χ0v) is 7.98. The van der Waals surface area contributed by atoms with Crippen molar-refractivity contribution in [2.75, 3.05) is 0 Å². The van der Waals surface area contributed by atoms with Crippen LogP contribution in [0, 0.1) is 0 Å². The van der Waals surface area contributed by atoms with Crippen molar-refractivity contribution in [1.29, 1.82) is 0 Å². The minimum atomic E-state index is -0.953. The summed E-state index contributed by atoms with van der Waals surface area (Å²) in [5, 5.41) is 0. The van der Waals surface area contributed by atoms with E-state index in [4.69, 9.17) is 4.43 Å². The molecule has 1 radical (unpaired) electrons. The van der Waals surface area contributed by atoms with Crippen molar-refractivity contribution in [3.63, 3.8) is 0 Å². The molecular weight excluding hydrogens is 140 g/mol. The quantitative estimate of drug-likeness (QED) is 0.568. The van der Waals surface area contributed by atoms with Crippen LogP contribution in [0.2, 0.25) is 0 Å². The molecule has 0 atom stereocenters. The number of hydrogen-bond donors (Lipinski definition) is 0. The Morgan fingerprint density at radius 1 is 1.20 bits per heavy atom. The minimum absolute atomic E-state index is 0.0727. The standard InChI is InChI=1S/C8H15OSi/c1-6-10(7-2)9-8(3,4)5/h6-7H,1-2H2,3-5H3. The van der Waals surface area contributed by atoms with E-state index in [9.17, 15) is 0 Å². The van der Waals surface area contributed by atoms with Gasteiger partial charge in [-0.05, 0) is 20.8 Å². The van der Waals surface area contributed by atoms with E-state index in [0.717, 1.165) is 0 Å². The van der Waals surface area contributed by atoms with Gasteiger partial charge in [-0.1, -0.05) is 11.4 Å². The lowest BCUT2D eigenvalue weighted by Gasteiger charge is -2.22. The molecule has 0 aliphatic rings. The summed E-state index contributed by atoms with van der Waals surface area (Å²) in [6.07, 6.45) is 0. The third-order valence-electron chi connectivity index (χ3n) is 0.826. The highest BCUT2D eigenvalue weighted by Gasteiger charge is 2.15. The summed E-state index contributed by atoms with van der Waals surface area (Å²) in [6, 6.07) is 0. The molecule has 0 saturated heterocycles. The van der Waals surface area contributed by atoms with Crippen LogP contribution in [0.5, 0.6) is 0 Å². The maximum Gasteiger partial charge on any atom is 0.266 e. The fourth-order valence-corrected chi connectivity index (χ4v) is 1.56. The first-order valence-corrected chi connectivity index (χ1v) is 4.87. The molecule has 1 nitrogen and oxygen atoms in total. The first kappa shape index (κ1) is 9.66. The summed E-state index contributed by atoms with van der Waals surface area (Å²) in [6.45, 7) is 13.4. The van der Waals surface area contributed by atoms with Crippen molar-refractivity contribution in [2.45, 2.75) is 26.4 Å². The molecule has 0 amide bonds. The Labute approximate surface area is 65.1 Å². The molecule has 2 heteroatoms. The normalized spacial score (nSPS) is 11.6. The van der Waals surface area contributed by atoms with Gasteiger partial charge in [0.1, 0.15) is 0 Å². The smallest absolute Gasteiger partial charge is 0.266 e. The summed E-state index contributed by atoms with van der Waals surface area (Å²) in [7, 11) is -0.953. The van der Waals surface area contributed by atoms with Gasteiger partial charge in [0.2, 0.25) is 0 Å². The Kier molecular flexibility index (Phi) is 3.61. The molecule has 0 saturated carbocycles. The third kappa shape index (κ3) is 4.53. The lowest BCUT2D eigenvalue weighted by Crippen LogP contribution is -2.27. The van der Waals surface area contributed by atoms with Crippen molar-refractivity contribution < 1.29 is 4.43 Å². The van der Waals surface area contributed by atoms with Crippen molar-refractivity contribution in [1.82, 2.24) is 0 Å². The highest BCUT2D eigenvalue weighted by molar-refractivity contribution is 6.62. The number of rotatable bonds is 3. The number of hydrogen-bond acceptors (Lipinski definition) is 1. The van der Waals surface area contributed by atoms with E-state index >= 15 is 0 Å². The van der Waals surface area contributed by atoms with Crippen LogP contribution in [-0.2, 0) is 4.43 Å². The molecule has 0 bridgehead atoms. The second kappa shape index (κ2) is 3.74. The van der Waals surface area contributed by atoms with Gasteiger partial charge in [-0.15, -0.1) is 13.2 Å². The van der Waals surface area contributed by atoms with Gasteiger partial charge in [0.25, 0.3) is 9.04 Å². The summed E-state index contributed by atoms with van der Waals surface area (Å²) in [4.78, 5) is 0. The lowest BCUT2D eigenvalue weighted by atomic mass is 10.2. The van der Waals surface area contributed by atoms with Gasteiger partial charge in [-0.2, -0.15) is 0 Å². The van der Waals surface area contributed by atoms with Gasteiger partial charge >= 0.3 is 0 Å². The van der Waals surface area contributed by atoms with Crippen molar-refractivity contribution in [3.05, 3.63) is 24.6 Å². The molecule has 0 aromatic carbocycles. The summed E-state index contributed by atoms with van der Waals surface area (Å²) >= 11 is 0. The summed E-state index contributed by atoms with van der Waals surface area (Å²) in [5.41, 5.74) is 3.60. The van der Waals surface area contributed by atoms with E-state index in [0.29, 0.717) is 0 Å². The predicted molar refractivity (Wildman–Crippen MR) is 47.0 cm³/mol. The molecule has 0 heterocycles. The first-order chi connectivity index (χ1) is 4.49. The van der Waals surface area contributed by atoms with E-state index in [1.807, 2.05) is 32.2 Å². The molecule has 0 N–H and O–H groups in total. The molecule has 0 aliphatic heterocycles. The van der Waals surface area contributed by atoms with Crippen LogP contribution in [0.3, 0.4) is 0 Å². The largest absolute Gasteiger partial charge is 0.404 e. The van der Waals surface area contributed by atoms with Gasteiger partial charge in [0.05, 0.1) is 0 Å². The van der Waals surface area contributed by atoms with Gasteiger partial charge < -0.3 is 4.43 Å². The molecule has 0 aliphatic carbocycles. The van der Waals surface area contributed by atoms with Crippen molar-refractivity contribution >= 4 is 9.04 Å². The van der Waals surface area contributed by atoms with Crippen molar-refractivity contribution in [2.24, 2.45) is 0 Å². The maximum absolute atomic E-state index is 5.60. The van der Waals surface area contributed by atoms with E-state index in [2.05, 4.69) is 13.2 Å². The average Bonchev–Trinajstić information content (AvgIpc) is 1.81. The zero-order valence-electron chi connectivity index (χ0n) is 6.98. The molecule has 0 rings (SSSR count). The predicted octanol–water partition coefficient (Wildman–Crippen LogP) is 2.24. The molecule has 0 spiro atoms. The first-order valence-electron chi connectivity index (χ1n) is 3.30. The van der Waals surface area contributed by atoms with Crippen LogP contribution < -0.4 is 0 Å². The molecule has 0 unspecified atom stereocenters. The van der Waals surface area contributed by atoms with E-state index in [1.165, 1.54) is 0 Å². The fraction of sp³-hybridized carbons (Fsp3) is 0.500. The Morgan fingerprint density at radius 3 is 1.70 bits per heavy atom. The van der Waals surface area contributed by atoms with E-state index in [-0.39, 0.29) is 5.60 Å². The highest BCUT2D eigenvalue weighted by Crippen LogP contribution is 2.09. The van der Waals surface area contributed by atoms with Crippen LogP contribution >= 0.6 is 0 Å². The van der Waals surface area contributed by atoms with Gasteiger partial charge in [-0.25, -0.2) is 0 Å². The maximum atomic E-state index is 5.60. The Hall–Kier alpha value is -0.343. The van der Waals surface area contributed by atoms with Crippen LogP contribution in [-0.4, -0.2) is 14.6 Å². The van der Waals surface area contributed by atoms with Gasteiger partial charge in [0.15, 0.2) is 0 Å². The summed E-state index contributed by atoms with van der Waals surface area (Å²) in [5.74, 6) is 0. The minimum Gasteiger partial charge on any atom is -0.404 e. The Balaban J connectivity index is 3.85. The third-order valence-corrected chi connectivity index (χ3v) is 2.48. The van der Waals surface area contributed by atoms with Crippen LogP contribution in [0.4, 0.5) is 0 Å². The SMILES string of the molecule is C=C[Si](C=C)OC(C)(C)C. The Morgan fingerprint density at radius 2 is 1.60 bits per heavy atom. The van der Waals surface area contributed by atoms with Gasteiger partial charge in [0, 0.05) is 5.60 Å². The van der Waals surface area contributed by atoms with Crippen molar-refractivity contribution in [3.8, 4) is 0 Å². The van der Waals surface area contributed by atoms with Crippen LogP contribution in [0.1, 0.15) is 20.8 Å². The highest BCUT2D eigenvalue weighted by atomic mass is 28.3. The van der Waals surface area contributed by atoms with Gasteiger partial charge in [-0.3, -0.25) is 0 Å². The Bertz CT molecular complexity index is 116. The zero-order chi connectivity index (χ0) is 8.20. The lowest BCUT2D eigenvalue weighted by molar-refractivity contribution is 0.135. The molecule has 0 fully saturated rings. The molecule has 0 aromatic rings. The molecule has 0 aromatic heterocycles. The topological polar surface area (TPSA) is 9.23 Å². The van der Waals surface area contributed by atoms with E-state index in [1.54, 1.807) is 0 Å². The fourth-order valence-electron chi connectivity index (χ4n) is 0.520.